The van der Waals surface area contributed by atoms with Crippen molar-refractivity contribution in [3.8, 4) is 0 Å². The van der Waals surface area contributed by atoms with Crippen molar-refractivity contribution in [3.63, 3.8) is 0 Å². The number of pyridine rings is 1. The number of sulfonamides is 1. The molecule has 2 N–H and O–H groups in total. The minimum Gasteiger partial charge on any atom is -0.463 e. The summed E-state index contributed by atoms with van der Waals surface area (Å²) < 4.78 is 37.4. The van der Waals surface area contributed by atoms with Gasteiger partial charge in [0.1, 0.15) is 5.69 Å². The number of hydrogen-bond donors (Lipinski definition) is 2. The number of hydrogen-bond acceptors (Lipinski definition) is 9. The summed E-state index contributed by atoms with van der Waals surface area (Å²) in [5.41, 5.74) is 0.416. The first-order chi connectivity index (χ1) is 19.1. The average molecular weight is 574 g/mol. The third-order valence-corrected chi connectivity index (χ3v) is 7.84. The van der Waals surface area contributed by atoms with Crippen molar-refractivity contribution in [1.82, 2.24) is 15.0 Å². The van der Waals surface area contributed by atoms with Crippen LogP contribution in [-0.2, 0) is 35.5 Å². The fraction of sp³-hybridized carbons (Fsp3) is 0.464. The number of nitrogens with zero attached hydrogens (tertiary/aromatic N) is 1. The van der Waals surface area contributed by atoms with Crippen molar-refractivity contribution in [2.24, 2.45) is 5.92 Å². The molecule has 216 valence electrons. The molecule has 2 amide bonds. The summed E-state index contributed by atoms with van der Waals surface area (Å²) in [5.74, 6) is -2.11. The van der Waals surface area contributed by atoms with E-state index in [-0.39, 0.29) is 28.7 Å². The van der Waals surface area contributed by atoms with E-state index in [1.807, 2.05) is 4.72 Å². The van der Waals surface area contributed by atoms with E-state index in [2.05, 4.69) is 10.3 Å². The zero-order valence-corrected chi connectivity index (χ0v) is 23.5. The van der Waals surface area contributed by atoms with Crippen LogP contribution >= 0.6 is 0 Å². The van der Waals surface area contributed by atoms with Crippen molar-refractivity contribution >= 4 is 33.8 Å². The fourth-order valence-corrected chi connectivity index (χ4v) is 5.40. The number of amides is 2. The van der Waals surface area contributed by atoms with Gasteiger partial charge in [-0.2, -0.15) is 0 Å². The molecule has 1 unspecified atom stereocenters. The van der Waals surface area contributed by atoms with Crippen molar-refractivity contribution in [3.05, 3.63) is 59.4 Å². The molecule has 0 spiro atoms. The molecule has 1 aliphatic carbocycles. The molecule has 0 radical (unpaired) electrons. The smallest absolute Gasteiger partial charge is 0.357 e. The molecule has 1 heterocycles. The molecular formula is C28H35N3O8S. The van der Waals surface area contributed by atoms with E-state index in [0.29, 0.717) is 30.9 Å². The second-order valence-corrected chi connectivity index (χ2v) is 11.3. The first kappa shape index (κ1) is 30.7. The van der Waals surface area contributed by atoms with Crippen molar-refractivity contribution in [2.75, 3.05) is 13.2 Å². The van der Waals surface area contributed by atoms with E-state index in [0.717, 1.165) is 19.0 Å². The summed E-state index contributed by atoms with van der Waals surface area (Å²) in [6.45, 7) is 3.48. The molecule has 3 rings (SSSR count). The highest BCUT2D eigenvalue weighted by atomic mass is 32.2. The fourth-order valence-electron chi connectivity index (χ4n) is 4.36. The Morgan fingerprint density at radius 3 is 2.50 bits per heavy atom. The summed E-state index contributed by atoms with van der Waals surface area (Å²) >= 11 is 0. The molecule has 1 aromatic heterocycles. The van der Waals surface area contributed by atoms with Gasteiger partial charge in [-0.1, -0.05) is 31.4 Å². The summed E-state index contributed by atoms with van der Waals surface area (Å²) in [6, 6.07) is 8.53. The molecule has 0 saturated heterocycles. The third kappa shape index (κ3) is 9.15. The van der Waals surface area contributed by atoms with E-state index < -0.39 is 34.0 Å². The van der Waals surface area contributed by atoms with Gasteiger partial charge in [0, 0.05) is 19.2 Å². The van der Waals surface area contributed by atoms with Gasteiger partial charge in [0.15, 0.2) is 6.10 Å². The highest BCUT2D eigenvalue weighted by Crippen LogP contribution is 2.26. The molecule has 12 heteroatoms. The number of carbonyl (C=O) groups excluding carboxylic acids is 4. The first-order valence-electron chi connectivity index (χ1n) is 13.4. The van der Waals surface area contributed by atoms with E-state index in [9.17, 15) is 27.6 Å². The number of ether oxygens (including phenoxy) is 2. The first-order valence-corrected chi connectivity index (χ1v) is 14.8. The van der Waals surface area contributed by atoms with Crippen molar-refractivity contribution < 1.29 is 37.1 Å². The molecule has 0 aliphatic heterocycles. The summed E-state index contributed by atoms with van der Waals surface area (Å²) in [5, 5.41) is 2.90. The van der Waals surface area contributed by atoms with Crippen molar-refractivity contribution in [1.29, 1.82) is 0 Å². The topological polar surface area (TPSA) is 158 Å². The Labute approximate surface area is 234 Å². The zero-order valence-electron chi connectivity index (χ0n) is 22.7. The molecule has 11 nitrogen and oxygen atoms in total. The van der Waals surface area contributed by atoms with Gasteiger partial charge < -0.3 is 14.8 Å². The second-order valence-electron chi connectivity index (χ2n) is 9.62. The molecule has 1 aromatic carbocycles. The lowest BCUT2D eigenvalue weighted by molar-refractivity contribution is -0.152. The van der Waals surface area contributed by atoms with Crippen LogP contribution in [0.25, 0.3) is 0 Å². The molecule has 0 bridgehead atoms. The average Bonchev–Trinajstić information content (AvgIpc) is 2.93. The normalized spacial score (nSPS) is 14.6. The maximum atomic E-state index is 12.8. The highest BCUT2D eigenvalue weighted by Gasteiger charge is 2.23. The van der Waals surface area contributed by atoms with E-state index in [1.54, 1.807) is 19.1 Å². The van der Waals surface area contributed by atoms with Gasteiger partial charge in [-0.05, 0) is 68.9 Å². The number of nitrogens with one attached hydrogen (secondary N) is 2. The molecule has 40 heavy (non-hydrogen) atoms. The van der Waals surface area contributed by atoms with Gasteiger partial charge in [-0.15, -0.1) is 0 Å². The Kier molecular flexibility index (Phi) is 11.2. The van der Waals surface area contributed by atoms with E-state index in [1.165, 1.54) is 50.5 Å². The number of rotatable bonds is 12. The third-order valence-electron chi connectivity index (χ3n) is 6.51. The molecular weight excluding hydrogens is 538 g/mol. The summed E-state index contributed by atoms with van der Waals surface area (Å²) in [6.07, 6.45) is 6.59. The van der Waals surface area contributed by atoms with Gasteiger partial charge >= 0.3 is 11.9 Å². The van der Waals surface area contributed by atoms with Gasteiger partial charge in [-0.25, -0.2) is 27.7 Å². The Balaban J connectivity index is 1.53. The maximum absolute atomic E-state index is 12.8. The van der Waals surface area contributed by atoms with Crippen LogP contribution in [0.15, 0.2) is 47.5 Å². The van der Waals surface area contributed by atoms with Crippen LogP contribution in [0, 0.1) is 5.92 Å². The van der Waals surface area contributed by atoms with Crippen LogP contribution in [0.3, 0.4) is 0 Å². The zero-order chi connectivity index (χ0) is 29.1. The number of aromatic nitrogens is 1. The molecule has 1 fully saturated rings. The van der Waals surface area contributed by atoms with Crippen LogP contribution < -0.4 is 10.0 Å². The Morgan fingerprint density at radius 1 is 1.07 bits per heavy atom. The van der Waals surface area contributed by atoms with Gasteiger partial charge in [0.05, 0.1) is 17.1 Å². The second kappa shape index (κ2) is 14.5. The largest absolute Gasteiger partial charge is 0.463 e. The van der Waals surface area contributed by atoms with Crippen LogP contribution in [-0.4, -0.2) is 56.4 Å². The monoisotopic (exact) mass is 573 g/mol. The van der Waals surface area contributed by atoms with Gasteiger partial charge in [-0.3, -0.25) is 9.59 Å². The summed E-state index contributed by atoms with van der Waals surface area (Å²) in [4.78, 5) is 52.4. The van der Waals surface area contributed by atoms with Crippen LogP contribution in [0.4, 0.5) is 0 Å². The number of carbonyl (C=O) groups is 4. The molecule has 2 aromatic rings. The van der Waals surface area contributed by atoms with Gasteiger partial charge in [0.25, 0.3) is 15.9 Å². The quantitative estimate of drug-likeness (QED) is 0.364. The van der Waals surface area contributed by atoms with E-state index in [4.69, 9.17) is 9.47 Å². The standard InChI is InChI=1S/C28H35N3O8S/c1-3-38-27(34)19(2)39-28(35)24-13-12-22(18-30-24)26(33)31-40(36,37)23-11-7-10-21(16-23)14-15-29-25(32)17-20-8-5-4-6-9-20/h7,10-13,16,18-20H,3-6,8-9,14-15,17H2,1-2H3,(H,29,32)(H,31,33). The SMILES string of the molecule is CCOC(=O)C(C)OC(=O)c1ccc(C(=O)NS(=O)(=O)c2cccc(CCNC(=O)CC3CCCCC3)c2)cn1. The molecule has 1 saturated carbocycles. The minimum absolute atomic E-state index is 0.00402. The Bertz CT molecular complexity index is 1310. The van der Waals surface area contributed by atoms with Crippen molar-refractivity contribution in [2.45, 2.75) is 69.8 Å². The van der Waals surface area contributed by atoms with Crippen LogP contribution in [0.1, 0.15) is 78.8 Å². The number of esters is 2. The highest BCUT2D eigenvalue weighted by molar-refractivity contribution is 7.90. The lowest BCUT2D eigenvalue weighted by atomic mass is 9.87. The predicted molar refractivity (Wildman–Crippen MR) is 145 cm³/mol. The van der Waals surface area contributed by atoms with Gasteiger partial charge in [0.2, 0.25) is 5.91 Å². The Morgan fingerprint density at radius 2 is 1.82 bits per heavy atom. The predicted octanol–water partition coefficient (Wildman–Crippen LogP) is 2.94. The maximum Gasteiger partial charge on any atom is 0.357 e. The van der Waals surface area contributed by atoms with Crippen LogP contribution in [0.5, 0.6) is 0 Å². The number of benzene rings is 1. The molecule has 1 atom stereocenters. The minimum atomic E-state index is -4.21. The summed E-state index contributed by atoms with van der Waals surface area (Å²) in [7, 11) is -4.21. The lowest BCUT2D eigenvalue weighted by Gasteiger charge is -2.20. The Hall–Kier alpha value is -3.80. The lowest BCUT2D eigenvalue weighted by Crippen LogP contribution is -2.31. The van der Waals surface area contributed by atoms with E-state index >= 15 is 0 Å². The molecule has 1 aliphatic rings. The van der Waals surface area contributed by atoms with Crippen LogP contribution in [0.2, 0.25) is 0 Å².